The Morgan fingerprint density at radius 2 is 2.05 bits per heavy atom. The van der Waals surface area contributed by atoms with Crippen LogP contribution in [-0.2, 0) is 12.8 Å². The third-order valence-electron chi connectivity index (χ3n) is 4.88. The predicted molar refractivity (Wildman–Crippen MR) is 90.0 cm³/mol. The molecule has 1 atom stereocenters. The highest BCUT2D eigenvalue weighted by molar-refractivity contribution is 9.10. The fraction of sp³-hybridized carbons (Fsp3) is 0.647. The lowest BCUT2D eigenvalue weighted by Gasteiger charge is -2.39. The Balaban J connectivity index is 2.08. The van der Waals surface area contributed by atoms with Gasteiger partial charge in [-0.15, -0.1) is 0 Å². The topological polar surface area (TPSA) is 38.0 Å². The quantitative estimate of drug-likeness (QED) is 0.830. The number of hydrogen-bond donors (Lipinski definition) is 2. The average Bonchev–Trinajstić information content (AvgIpc) is 2.48. The summed E-state index contributed by atoms with van der Waals surface area (Å²) in [6, 6.07) is 6.66. The second kappa shape index (κ2) is 7.06. The molecule has 1 aromatic rings. The zero-order valence-corrected chi connectivity index (χ0v) is 14.3. The van der Waals surface area contributed by atoms with Gasteiger partial charge >= 0.3 is 0 Å². The fourth-order valence-electron chi connectivity index (χ4n) is 3.16. The van der Waals surface area contributed by atoms with Crippen LogP contribution < -0.4 is 11.1 Å². The van der Waals surface area contributed by atoms with Gasteiger partial charge in [-0.1, -0.05) is 48.7 Å². The molecule has 0 bridgehead atoms. The Kier molecular flexibility index (Phi) is 5.65. The maximum atomic E-state index is 6.12. The third-order valence-corrected chi connectivity index (χ3v) is 5.37. The van der Waals surface area contributed by atoms with Crippen LogP contribution in [0.3, 0.4) is 0 Å². The van der Waals surface area contributed by atoms with Crippen molar-refractivity contribution in [3.63, 3.8) is 0 Å². The van der Waals surface area contributed by atoms with E-state index in [1.54, 1.807) is 0 Å². The maximum Gasteiger partial charge on any atom is 0.0347 e. The molecule has 1 aliphatic carbocycles. The van der Waals surface area contributed by atoms with Gasteiger partial charge in [0, 0.05) is 16.6 Å². The molecule has 2 rings (SSSR count). The second-order valence-corrected chi connectivity index (χ2v) is 7.05. The van der Waals surface area contributed by atoms with Crippen LogP contribution in [0.1, 0.15) is 44.2 Å². The summed E-state index contributed by atoms with van der Waals surface area (Å²) in [6.45, 7) is 6.37. The van der Waals surface area contributed by atoms with E-state index in [-0.39, 0.29) is 5.54 Å². The van der Waals surface area contributed by atoms with Crippen LogP contribution >= 0.6 is 15.9 Å². The zero-order valence-electron chi connectivity index (χ0n) is 12.7. The fourth-order valence-corrected chi connectivity index (χ4v) is 3.57. The highest BCUT2D eigenvalue weighted by Crippen LogP contribution is 2.30. The van der Waals surface area contributed by atoms with Crippen molar-refractivity contribution in [1.29, 1.82) is 0 Å². The Hall–Kier alpha value is -0.380. The molecule has 112 valence electrons. The largest absolute Gasteiger partial charge is 0.329 e. The van der Waals surface area contributed by atoms with Crippen LogP contribution in [0.4, 0.5) is 0 Å². The van der Waals surface area contributed by atoms with Crippen molar-refractivity contribution < 1.29 is 0 Å². The molecule has 0 aliphatic heterocycles. The molecule has 0 heterocycles. The molecule has 20 heavy (non-hydrogen) atoms. The van der Waals surface area contributed by atoms with Crippen LogP contribution in [0, 0.1) is 5.92 Å². The van der Waals surface area contributed by atoms with Crippen molar-refractivity contribution in [3.8, 4) is 0 Å². The molecule has 0 saturated carbocycles. The average molecular weight is 339 g/mol. The van der Waals surface area contributed by atoms with Gasteiger partial charge in [0.25, 0.3) is 0 Å². The Labute approximate surface area is 131 Å². The summed E-state index contributed by atoms with van der Waals surface area (Å²) in [5, 5.41) is 3.81. The molecule has 0 fully saturated rings. The molecule has 1 aliphatic rings. The van der Waals surface area contributed by atoms with Crippen molar-refractivity contribution in [2.24, 2.45) is 11.7 Å². The van der Waals surface area contributed by atoms with Gasteiger partial charge in [-0.05, 0) is 55.0 Å². The normalized spacial score (nSPS) is 22.1. The van der Waals surface area contributed by atoms with Gasteiger partial charge in [0.2, 0.25) is 0 Å². The third kappa shape index (κ3) is 3.63. The van der Waals surface area contributed by atoms with Crippen LogP contribution in [0.2, 0.25) is 0 Å². The number of nitrogens with one attached hydrogen (secondary N) is 1. The smallest absolute Gasteiger partial charge is 0.0347 e. The highest BCUT2D eigenvalue weighted by Gasteiger charge is 2.33. The Bertz CT molecular complexity index is 443. The van der Waals surface area contributed by atoms with E-state index in [0.717, 1.165) is 38.3 Å². The van der Waals surface area contributed by atoms with E-state index in [1.807, 2.05) is 0 Å². The number of hydrogen-bond acceptors (Lipinski definition) is 2. The standard InChI is InChI=1S/C17H27BrN2/c1-3-13(4-2)11-20-17(12-19)8-7-14-9-16(18)6-5-15(14)10-17/h5-6,9,13,20H,3-4,7-8,10-12,19H2,1-2H3. The lowest BCUT2D eigenvalue weighted by atomic mass is 9.77. The van der Waals surface area contributed by atoms with E-state index in [9.17, 15) is 0 Å². The van der Waals surface area contributed by atoms with Gasteiger partial charge in [-0.2, -0.15) is 0 Å². The first-order chi connectivity index (χ1) is 9.62. The molecule has 0 radical (unpaired) electrons. The molecule has 1 unspecified atom stereocenters. The van der Waals surface area contributed by atoms with Crippen molar-refractivity contribution >= 4 is 15.9 Å². The monoisotopic (exact) mass is 338 g/mol. The van der Waals surface area contributed by atoms with E-state index in [1.165, 1.54) is 28.4 Å². The Morgan fingerprint density at radius 1 is 1.30 bits per heavy atom. The summed E-state index contributed by atoms with van der Waals surface area (Å²) < 4.78 is 1.18. The van der Waals surface area contributed by atoms with Gasteiger partial charge in [0.1, 0.15) is 0 Å². The first kappa shape index (κ1) is 16.0. The molecule has 2 nitrogen and oxygen atoms in total. The number of halogens is 1. The molecule has 0 aromatic heterocycles. The van der Waals surface area contributed by atoms with Gasteiger partial charge in [-0.3, -0.25) is 0 Å². The van der Waals surface area contributed by atoms with Gasteiger partial charge in [-0.25, -0.2) is 0 Å². The van der Waals surface area contributed by atoms with Gasteiger partial charge in [0.15, 0.2) is 0 Å². The van der Waals surface area contributed by atoms with Crippen molar-refractivity contribution in [3.05, 3.63) is 33.8 Å². The van der Waals surface area contributed by atoms with Gasteiger partial charge < -0.3 is 11.1 Å². The maximum absolute atomic E-state index is 6.12. The molecule has 1 aromatic carbocycles. The van der Waals surface area contributed by atoms with E-state index in [2.05, 4.69) is 53.3 Å². The van der Waals surface area contributed by atoms with Crippen molar-refractivity contribution in [2.45, 2.75) is 51.5 Å². The summed E-state index contributed by atoms with van der Waals surface area (Å²) in [5.74, 6) is 0.768. The highest BCUT2D eigenvalue weighted by atomic mass is 79.9. The van der Waals surface area contributed by atoms with Crippen molar-refractivity contribution in [2.75, 3.05) is 13.1 Å². The SMILES string of the molecule is CCC(CC)CNC1(CN)CCc2cc(Br)ccc2C1. The minimum atomic E-state index is 0.101. The molecular weight excluding hydrogens is 312 g/mol. The van der Waals surface area contributed by atoms with E-state index < -0.39 is 0 Å². The molecule has 0 spiro atoms. The molecular formula is C17H27BrN2. The summed E-state index contributed by atoms with van der Waals surface area (Å²) in [6.07, 6.45) is 5.82. The number of rotatable bonds is 6. The van der Waals surface area contributed by atoms with Crippen LogP contribution in [0.15, 0.2) is 22.7 Å². The summed E-state index contributed by atoms with van der Waals surface area (Å²) in [5.41, 5.74) is 9.16. The summed E-state index contributed by atoms with van der Waals surface area (Å²) in [7, 11) is 0. The van der Waals surface area contributed by atoms with Crippen molar-refractivity contribution in [1.82, 2.24) is 5.32 Å². The molecule has 0 saturated heterocycles. The number of fused-ring (bicyclic) bond motifs is 1. The molecule has 3 heteroatoms. The first-order valence-electron chi connectivity index (χ1n) is 7.85. The lowest BCUT2D eigenvalue weighted by Crippen LogP contribution is -2.56. The van der Waals surface area contributed by atoms with Crippen LogP contribution in [-0.4, -0.2) is 18.6 Å². The Morgan fingerprint density at radius 3 is 2.70 bits per heavy atom. The number of nitrogens with two attached hydrogens (primary N) is 1. The van der Waals surface area contributed by atoms with Crippen LogP contribution in [0.5, 0.6) is 0 Å². The zero-order chi connectivity index (χ0) is 14.6. The van der Waals surface area contributed by atoms with E-state index in [0.29, 0.717) is 0 Å². The minimum Gasteiger partial charge on any atom is -0.329 e. The lowest BCUT2D eigenvalue weighted by molar-refractivity contribution is 0.268. The molecule has 3 N–H and O–H groups in total. The number of aryl methyl sites for hydroxylation is 1. The predicted octanol–water partition coefficient (Wildman–Crippen LogP) is 3.66. The molecule has 0 amide bonds. The van der Waals surface area contributed by atoms with Gasteiger partial charge in [0.05, 0.1) is 0 Å². The minimum absolute atomic E-state index is 0.101. The van der Waals surface area contributed by atoms with E-state index in [4.69, 9.17) is 5.73 Å². The summed E-state index contributed by atoms with van der Waals surface area (Å²) in [4.78, 5) is 0. The second-order valence-electron chi connectivity index (χ2n) is 6.14. The van der Waals surface area contributed by atoms with E-state index >= 15 is 0 Å². The summed E-state index contributed by atoms with van der Waals surface area (Å²) >= 11 is 3.56. The first-order valence-corrected chi connectivity index (χ1v) is 8.64. The number of benzene rings is 1. The van der Waals surface area contributed by atoms with Crippen LogP contribution in [0.25, 0.3) is 0 Å².